The Balaban J connectivity index is 1.55. The van der Waals surface area contributed by atoms with Crippen LogP contribution in [0.1, 0.15) is 35.2 Å². The first-order valence-electron chi connectivity index (χ1n) is 8.34. The fourth-order valence-electron chi connectivity index (χ4n) is 2.57. The number of nitrogens with zero attached hydrogens (tertiary/aromatic N) is 1. The molecule has 1 saturated carbocycles. The summed E-state index contributed by atoms with van der Waals surface area (Å²) in [5.74, 6) is -0.222. The summed E-state index contributed by atoms with van der Waals surface area (Å²) < 4.78 is 27.1. The second-order valence-corrected chi connectivity index (χ2v) is 7.85. The second-order valence-electron chi connectivity index (χ2n) is 6.14. The smallest absolute Gasteiger partial charge is 0.251 e. The lowest BCUT2D eigenvalue weighted by molar-refractivity contribution is 0.0954. The Morgan fingerprint density at radius 1 is 1.16 bits per heavy atom. The van der Waals surface area contributed by atoms with Crippen LogP contribution in [0.25, 0.3) is 0 Å². The predicted molar refractivity (Wildman–Crippen MR) is 94.7 cm³/mol. The van der Waals surface area contributed by atoms with Gasteiger partial charge < -0.3 is 5.32 Å². The third-order valence-electron chi connectivity index (χ3n) is 4.28. The molecule has 1 fully saturated rings. The molecule has 1 amide bonds. The molecule has 1 heterocycles. The number of nitrogens with one attached hydrogen (secondary N) is 2. The summed E-state index contributed by atoms with van der Waals surface area (Å²) in [6, 6.07) is 9.86. The lowest BCUT2D eigenvalue weighted by Crippen LogP contribution is -2.39. The van der Waals surface area contributed by atoms with E-state index in [1.54, 1.807) is 12.4 Å². The van der Waals surface area contributed by atoms with Gasteiger partial charge in [-0.15, -0.1) is 0 Å². The van der Waals surface area contributed by atoms with Crippen molar-refractivity contribution in [1.29, 1.82) is 0 Å². The number of benzene rings is 1. The van der Waals surface area contributed by atoms with Crippen molar-refractivity contribution in [2.45, 2.75) is 36.6 Å². The van der Waals surface area contributed by atoms with E-state index in [1.807, 2.05) is 12.1 Å². The highest BCUT2D eigenvalue weighted by atomic mass is 32.2. The minimum atomic E-state index is -3.50. The van der Waals surface area contributed by atoms with E-state index >= 15 is 0 Å². The van der Waals surface area contributed by atoms with Crippen LogP contribution in [0.5, 0.6) is 0 Å². The summed E-state index contributed by atoms with van der Waals surface area (Å²) >= 11 is 0. The largest absolute Gasteiger partial charge is 0.352 e. The third-order valence-corrected chi connectivity index (χ3v) is 5.81. The first kappa shape index (κ1) is 17.6. The summed E-state index contributed by atoms with van der Waals surface area (Å²) in [5.41, 5.74) is 1.49. The van der Waals surface area contributed by atoms with E-state index in [2.05, 4.69) is 15.0 Å². The summed E-state index contributed by atoms with van der Waals surface area (Å²) in [6.45, 7) is 0.494. The van der Waals surface area contributed by atoms with Crippen molar-refractivity contribution in [1.82, 2.24) is 15.0 Å². The number of aromatic nitrogens is 1. The maximum atomic E-state index is 12.2. The van der Waals surface area contributed by atoms with Gasteiger partial charge in [-0.3, -0.25) is 9.78 Å². The van der Waals surface area contributed by atoms with Crippen LogP contribution in [-0.2, 0) is 16.4 Å². The molecule has 1 aromatic heterocycles. The van der Waals surface area contributed by atoms with E-state index < -0.39 is 10.0 Å². The Morgan fingerprint density at radius 2 is 1.92 bits per heavy atom. The van der Waals surface area contributed by atoms with Gasteiger partial charge in [-0.05, 0) is 55.2 Å². The van der Waals surface area contributed by atoms with Crippen LogP contribution in [0.2, 0.25) is 0 Å². The Morgan fingerprint density at radius 3 is 2.52 bits per heavy atom. The van der Waals surface area contributed by atoms with Gasteiger partial charge in [-0.2, -0.15) is 0 Å². The summed E-state index contributed by atoms with van der Waals surface area (Å²) in [4.78, 5) is 16.4. The van der Waals surface area contributed by atoms with Gasteiger partial charge in [0.15, 0.2) is 0 Å². The molecule has 1 aliphatic rings. The fraction of sp³-hybridized carbons (Fsp3) is 0.333. The predicted octanol–water partition coefficient (Wildman–Crippen LogP) is 1.88. The monoisotopic (exact) mass is 359 g/mol. The van der Waals surface area contributed by atoms with Crippen LogP contribution in [0, 0.1) is 0 Å². The Hall–Kier alpha value is -2.25. The van der Waals surface area contributed by atoms with Crippen molar-refractivity contribution >= 4 is 15.9 Å². The Kier molecular flexibility index (Phi) is 5.45. The van der Waals surface area contributed by atoms with E-state index in [0.29, 0.717) is 18.5 Å². The molecule has 0 unspecified atom stereocenters. The standard InChI is InChI=1S/C18H21N3O3S/c22-18(20-12-10-14-3-2-11-19-13-14)15-6-8-17(9-7-15)25(23,24)21-16-4-1-5-16/h2-3,6-9,11,13,16,21H,1,4-5,10,12H2,(H,20,22). The van der Waals surface area contributed by atoms with Gasteiger partial charge in [0.05, 0.1) is 4.90 Å². The zero-order valence-electron chi connectivity index (χ0n) is 13.8. The van der Waals surface area contributed by atoms with E-state index in [1.165, 1.54) is 24.3 Å². The molecule has 3 rings (SSSR count). The van der Waals surface area contributed by atoms with Crippen molar-refractivity contribution in [3.63, 3.8) is 0 Å². The van der Waals surface area contributed by atoms with Crippen molar-refractivity contribution in [3.05, 3.63) is 59.9 Å². The SMILES string of the molecule is O=C(NCCc1cccnc1)c1ccc(S(=O)(=O)NC2CCC2)cc1. The molecule has 0 saturated heterocycles. The van der Waals surface area contributed by atoms with Crippen LogP contribution < -0.4 is 10.0 Å². The number of rotatable bonds is 7. The van der Waals surface area contributed by atoms with Crippen LogP contribution in [0.4, 0.5) is 0 Å². The second kappa shape index (κ2) is 7.76. The van der Waals surface area contributed by atoms with Crippen LogP contribution in [0.15, 0.2) is 53.7 Å². The lowest BCUT2D eigenvalue weighted by atomic mass is 9.94. The topological polar surface area (TPSA) is 88.2 Å². The number of carbonyl (C=O) groups is 1. The third kappa shape index (κ3) is 4.64. The number of amides is 1. The van der Waals surface area contributed by atoms with Gasteiger partial charge in [0.25, 0.3) is 5.91 Å². The van der Waals surface area contributed by atoms with Crippen molar-refractivity contribution in [2.24, 2.45) is 0 Å². The molecule has 6 nitrogen and oxygen atoms in total. The minimum absolute atomic E-state index is 0.0421. The van der Waals surface area contributed by atoms with Crippen molar-refractivity contribution in [3.8, 4) is 0 Å². The van der Waals surface area contributed by atoms with Crippen LogP contribution in [0.3, 0.4) is 0 Å². The maximum absolute atomic E-state index is 12.2. The molecule has 7 heteroatoms. The van der Waals surface area contributed by atoms with E-state index in [-0.39, 0.29) is 16.8 Å². The summed E-state index contributed by atoms with van der Waals surface area (Å²) in [7, 11) is -3.50. The Bertz CT molecular complexity index is 816. The average Bonchev–Trinajstić information content (AvgIpc) is 2.59. The normalized spacial score (nSPS) is 14.7. The van der Waals surface area contributed by atoms with Crippen molar-refractivity contribution in [2.75, 3.05) is 6.54 Å². The maximum Gasteiger partial charge on any atom is 0.251 e. The number of sulfonamides is 1. The quantitative estimate of drug-likeness (QED) is 0.790. The molecule has 0 spiro atoms. The average molecular weight is 359 g/mol. The van der Waals surface area contributed by atoms with Gasteiger partial charge in [0, 0.05) is 30.5 Å². The molecule has 0 radical (unpaired) electrons. The molecule has 2 N–H and O–H groups in total. The van der Waals surface area contributed by atoms with Crippen molar-refractivity contribution < 1.29 is 13.2 Å². The molecule has 0 bridgehead atoms. The van der Waals surface area contributed by atoms with E-state index in [9.17, 15) is 13.2 Å². The fourth-order valence-corrected chi connectivity index (χ4v) is 3.87. The minimum Gasteiger partial charge on any atom is -0.352 e. The zero-order valence-corrected chi connectivity index (χ0v) is 14.6. The van der Waals surface area contributed by atoms with E-state index in [0.717, 1.165) is 24.8 Å². The molecular formula is C18H21N3O3S. The summed E-state index contributed by atoms with van der Waals surface area (Å²) in [5, 5.41) is 2.82. The highest BCUT2D eigenvalue weighted by Crippen LogP contribution is 2.21. The molecular weight excluding hydrogens is 338 g/mol. The highest BCUT2D eigenvalue weighted by Gasteiger charge is 2.24. The number of carbonyl (C=O) groups excluding carboxylic acids is 1. The summed E-state index contributed by atoms with van der Waals surface area (Å²) in [6.07, 6.45) is 6.99. The van der Waals surface area contributed by atoms with Gasteiger partial charge in [-0.25, -0.2) is 13.1 Å². The number of hydrogen-bond donors (Lipinski definition) is 2. The molecule has 1 aliphatic carbocycles. The molecule has 1 aromatic carbocycles. The lowest BCUT2D eigenvalue weighted by Gasteiger charge is -2.26. The molecule has 25 heavy (non-hydrogen) atoms. The van der Waals surface area contributed by atoms with Gasteiger partial charge >= 0.3 is 0 Å². The number of hydrogen-bond acceptors (Lipinski definition) is 4. The molecule has 0 aliphatic heterocycles. The highest BCUT2D eigenvalue weighted by molar-refractivity contribution is 7.89. The molecule has 132 valence electrons. The zero-order chi connectivity index (χ0) is 17.7. The van der Waals surface area contributed by atoms with Gasteiger partial charge in [0.1, 0.15) is 0 Å². The molecule has 0 atom stereocenters. The number of pyridine rings is 1. The van der Waals surface area contributed by atoms with Gasteiger partial charge in [-0.1, -0.05) is 12.5 Å². The molecule has 2 aromatic rings. The van der Waals surface area contributed by atoms with Crippen LogP contribution >= 0.6 is 0 Å². The van der Waals surface area contributed by atoms with E-state index in [4.69, 9.17) is 0 Å². The first-order valence-corrected chi connectivity index (χ1v) is 9.82. The van der Waals surface area contributed by atoms with Gasteiger partial charge in [0.2, 0.25) is 10.0 Å². The van der Waals surface area contributed by atoms with Crippen LogP contribution in [-0.4, -0.2) is 31.9 Å². The Labute approximate surface area is 147 Å². The first-order chi connectivity index (χ1) is 12.0.